The number of carbonyl (C=O) groups excluding carboxylic acids is 2. The van der Waals surface area contributed by atoms with Crippen molar-refractivity contribution in [1.29, 1.82) is 0 Å². The lowest BCUT2D eigenvalue weighted by Crippen LogP contribution is -2.53. The Labute approximate surface area is 247 Å². The SMILES string of the molecule is CCC(C(=O)NC(C)C)N(Cc1ccc(Cl)cc1Cl)C(=O)CN(c1ccc(C)c(C)c1)S(=O)(=O)c1ccccc1. The summed E-state index contributed by atoms with van der Waals surface area (Å²) in [7, 11) is -4.13. The van der Waals surface area contributed by atoms with Gasteiger partial charge in [0, 0.05) is 22.6 Å². The predicted octanol–water partition coefficient (Wildman–Crippen LogP) is 6.14. The molecule has 1 unspecified atom stereocenters. The fourth-order valence-electron chi connectivity index (χ4n) is 4.26. The maximum absolute atomic E-state index is 14.1. The van der Waals surface area contributed by atoms with Crippen molar-refractivity contribution in [2.75, 3.05) is 10.8 Å². The highest BCUT2D eigenvalue weighted by molar-refractivity contribution is 7.92. The third-order valence-corrected chi connectivity index (χ3v) is 8.94. The van der Waals surface area contributed by atoms with Crippen molar-refractivity contribution in [2.24, 2.45) is 0 Å². The van der Waals surface area contributed by atoms with Crippen LogP contribution in [0.15, 0.2) is 71.6 Å². The summed E-state index contributed by atoms with van der Waals surface area (Å²) in [6.45, 7) is 8.75. The molecule has 3 rings (SSSR count). The van der Waals surface area contributed by atoms with Gasteiger partial charge < -0.3 is 10.2 Å². The highest BCUT2D eigenvalue weighted by atomic mass is 35.5. The quantitative estimate of drug-likeness (QED) is 0.285. The van der Waals surface area contributed by atoms with Crippen molar-refractivity contribution in [3.63, 3.8) is 0 Å². The van der Waals surface area contributed by atoms with Gasteiger partial charge in [0.15, 0.2) is 0 Å². The first-order chi connectivity index (χ1) is 18.8. The second kappa shape index (κ2) is 13.5. The molecule has 1 N–H and O–H groups in total. The predicted molar refractivity (Wildman–Crippen MR) is 161 cm³/mol. The molecule has 0 saturated carbocycles. The van der Waals surface area contributed by atoms with E-state index < -0.39 is 28.5 Å². The zero-order valence-corrected chi connectivity index (χ0v) is 25.6. The van der Waals surface area contributed by atoms with Crippen molar-refractivity contribution in [1.82, 2.24) is 10.2 Å². The van der Waals surface area contributed by atoms with Gasteiger partial charge in [-0.25, -0.2) is 8.42 Å². The summed E-state index contributed by atoms with van der Waals surface area (Å²) in [5.74, 6) is -0.880. The lowest BCUT2D eigenvalue weighted by Gasteiger charge is -2.34. The second-order valence-electron chi connectivity index (χ2n) is 9.94. The molecule has 0 aliphatic rings. The van der Waals surface area contributed by atoms with Crippen molar-refractivity contribution < 1.29 is 18.0 Å². The molecule has 40 heavy (non-hydrogen) atoms. The fourth-order valence-corrected chi connectivity index (χ4v) is 6.16. The van der Waals surface area contributed by atoms with Crippen LogP contribution in [0.4, 0.5) is 5.69 Å². The Kier molecular flexibility index (Phi) is 10.6. The molecular weight excluding hydrogens is 569 g/mol. The Balaban J connectivity index is 2.10. The van der Waals surface area contributed by atoms with E-state index in [1.165, 1.54) is 17.0 Å². The zero-order valence-electron chi connectivity index (χ0n) is 23.3. The van der Waals surface area contributed by atoms with Crippen LogP contribution < -0.4 is 9.62 Å². The van der Waals surface area contributed by atoms with Crippen molar-refractivity contribution in [2.45, 2.75) is 64.6 Å². The molecule has 0 aliphatic carbocycles. The molecular formula is C30H35Cl2N3O4S. The number of nitrogens with one attached hydrogen (secondary N) is 1. The van der Waals surface area contributed by atoms with Gasteiger partial charge in [0.25, 0.3) is 10.0 Å². The first kappa shape index (κ1) is 31.5. The number of rotatable bonds is 11. The molecule has 2 amide bonds. The van der Waals surface area contributed by atoms with E-state index in [2.05, 4.69) is 5.32 Å². The Morgan fingerprint density at radius 1 is 0.925 bits per heavy atom. The molecule has 1 atom stereocenters. The van der Waals surface area contributed by atoms with Crippen molar-refractivity contribution >= 4 is 50.7 Å². The largest absolute Gasteiger partial charge is 0.352 e. The second-order valence-corrected chi connectivity index (χ2v) is 12.6. The number of benzene rings is 3. The normalized spacial score (nSPS) is 12.2. The molecule has 0 aliphatic heterocycles. The molecule has 3 aromatic carbocycles. The maximum atomic E-state index is 14.1. The highest BCUT2D eigenvalue weighted by Crippen LogP contribution is 2.28. The summed E-state index contributed by atoms with van der Waals surface area (Å²) in [6.07, 6.45) is 0.310. The number of aryl methyl sites for hydroxylation is 2. The number of carbonyl (C=O) groups is 2. The fraction of sp³-hybridized carbons (Fsp3) is 0.333. The van der Waals surface area contributed by atoms with Gasteiger partial charge in [0.05, 0.1) is 10.6 Å². The molecule has 0 fully saturated rings. The van der Waals surface area contributed by atoms with Crippen LogP contribution in [0.5, 0.6) is 0 Å². The third kappa shape index (κ3) is 7.56. The van der Waals surface area contributed by atoms with Crippen LogP contribution in [-0.2, 0) is 26.2 Å². The van der Waals surface area contributed by atoms with E-state index in [9.17, 15) is 18.0 Å². The minimum atomic E-state index is -4.13. The van der Waals surface area contributed by atoms with Gasteiger partial charge in [-0.05, 0) is 87.2 Å². The number of sulfonamides is 1. The van der Waals surface area contributed by atoms with Crippen LogP contribution >= 0.6 is 23.2 Å². The van der Waals surface area contributed by atoms with Crippen LogP contribution in [0.25, 0.3) is 0 Å². The number of hydrogen-bond donors (Lipinski definition) is 1. The lowest BCUT2D eigenvalue weighted by atomic mass is 10.1. The summed E-state index contributed by atoms with van der Waals surface area (Å²) in [6, 6.07) is 17.1. The summed E-state index contributed by atoms with van der Waals surface area (Å²) >= 11 is 12.5. The molecule has 0 heterocycles. The molecule has 0 saturated heterocycles. The molecule has 7 nitrogen and oxygen atoms in total. The standard InChI is InChI=1S/C30H35Cl2N3O4S/c1-6-28(30(37)33-20(2)3)34(18-23-13-14-24(31)17-27(23)32)29(36)19-35(25-15-12-21(4)22(5)16-25)40(38,39)26-10-8-7-9-11-26/h7-17,20,28H,6,18-19H2,1-5H3,(H,33,37). The molecule has 0 radical (unpaired) electrons. The first-order valence-electron chi connectivity index (χ1n) is 13.0. The molecule has 214 valence electrons. The number of halogens is 2. The van der Waals surface area contributed by atoms with E-state index in [-0.39, 0.29) is 23.4 Å². The van der Waals surface area contributed by atoms with Gasteiger partial charge in [0.1, 0.15) is 12.6 Å². The van der Waals surface area contributed by atoms with E-state index in [4.69, 9.17) is 23.2 Å². The van der Waals surface area contributed by atoms with Gasteiger partial charge in [0.2, 0.25) is 11.8 Å². The Morgan fingerprint density at radius 3 is 2.17 bits per heavy atom. The average molecular weight is 605 g/mol. The minimum Gasteiger partial charge on any atom is -0.352 e. The van der Waals surface area contributed by atoms with E-state index >= 15 is 0 Å². The maximum Gasteiger partial charge on any atom is 0.264 e. The third-order valence-electron chi connectivity index (χ3n) is 6.56. The van der Waals surface area contributed by atoms with Gasteiger partial charge >= 0.3 is 0 Å². The van der Waals surface area contributed by atoms with E-state index in [0.29, 0.717) is 27.7 Å². The molecule has 0 aromatic heterocycles. The van der Waals surface area contributed by atoms with Gasteiger partial charge in [-0.2, -0.15) is 0 Å². The topological polar surface area (TPSA) is 86.8 Å². The Bertz CT molecular complexity index is 1460. The van der Waals surface area contributed by atoms with Gasteiger partial charge in [-0.15, -0.1) is 0 Å². The number of amides is 2. The first-order valence-corrected chi connectivity index (χ1v) is 15.2. The summed E-state index contributed by atoms with van der Waals surface area (Å²) < 4.78 is 28.9. The van der Waals surface area contributed by atoms with Gasteiger partial charge in [-0.3, -0.25) is 13.9 Å². The average Bonchev–Trinajstić information content (AvgIpc) is 2.90. The van der Waals surface area contributed by atoms with Crippen LogP contribution in [0.3, 0.4) is 0 Å². The molecule has 0 spiro atoms. The number of anilines is 1. The highest BCUT2D eigenvalue weighted by Gasteiger charge is 2.34. The number of hydrogen-bond acceptors (Lipinski definition) is 4. The Hall–Kier alpha value is -3.07. The van der Waals surface area contributed by atoms with Crippen molar-refractivity contribution in [3.05, 3.63) is 93.5 Å². The number of nitrogens with zero attached hydrogens (tertiary/aromatic N) is 2. The Morgan fingerprint density at radius 2 is 1.60 bits per heavy atom. The van der Waals surface area contributed by atoms with Crippen LogP contribution in [-0.4, -0.2) is 43.8 Å². The van der Waals surface area contributed by atoms with Crippen LogP contribution in [0.2, 0.25) is 10.0 Å². The van der Waals surface area contributed by atoms with E-state index in [0.717, 1.165) is 15.4 Å². The zero-order chi connectivity index (χ0) is 29.6. The lowest BCUT2D eigenvalue weighted by molar-refractivity contribution is -0.140. The smallest absolute Gasteiger partial charge is 0.264 e. The summed E-state index contributed by atoms with van der Waals surface area (Å²) in [5.41, 5.74) is 2.80. The monoisotopic (exact) mass is 603 g/mol. The van der Waals surface area contributed by atoms with Crippen LogP contribution in [0, 0.1) is 13.8 Å². The van der Waals surface area contributed by atoms with Crippen LogP contribution in [0.1, 0.15) is 43.9 Å². The summed E-state index contributed by atoms with van der Waals surface area (Å²) in [4.78, 5) is 28.8. The minimum absolute atomic E-state index is 0.00892. The summed E-state index contributed by atoms with van der Waals surface area (Å²) in [5, 5.41) is 3.65. The molecule has 0 bridgehead atoms. The molecule has 3 aromatic rings. The van der Waals surface area contributed by atoms with E-state index in [1.54, 1.807) is 55.5 Å². The molecule has 10 heteroatoms. The van der Waals surface area contributed by atoms with E-state index in [1.807, 2.05) is 33.8 Å². The van der Waals surface area contributed by atoms with Gasteiger partial charge in [-0.1, -0.05) is 60.5 Å². The van der Waals surface area contributed by atoms with Crippen molar-refractivity contribution in [3.8, 4) is 0 Å².